The Kier molecular flexibility index (Phi) is 3.87. The van der Waals surface area contributed by atoms with E-state index in [4.69, 9.17) is 4.98 Å². The number of anilines is 2. The smallest absolute Gasteiger partial charge is 0.163 e. The van der Waals surface area contributed by atoms with Crippen LogP contribution >= 0.6 is 0 Å². The number of aliphatic hydroxyl groups is 1. The first-order chi connectivity index (χ1) is 11.3. The molecule has 0 bridgehead atoms. The molecule has 2 heterocycles. The van der Waals surface area contributed by atoms with E-state index in [1.54, 1.807) is 0 Å². The zero-order chi connectivity index (χ0) is 15.6. The Bertz CT molecular complexity index is 681. The number of rotatable bonds is 3. The highest BCUT2D eigenvalue weighted by molar-refractivity contribution is 5.67. The van der Waals surface area contributed by atoms with E-state index in [2.05, 4.69) is 15.6 Å². The van der Waals surface area contributed by atoms with E-state index in [0.717, 1.165) is 61.7 Å². The number of hydrogen-bond donors (Lipinski definition) is 3. The summed E-state index contributed by atoms with van der Waals surface area (Å²) in [6, 6.07) is 10.5. The van der Waals surface area contributed by atoms with Crippen molar-refractivity contribution in [2.24, 2.45) is 0 Å². The minimum Gasteiger partial charge on any atom is -0.393 e. The van der Waals surface area contributed by atoms with Gasteiger partial charge in [0.25, 0.3) is 0 Å². The molecule has 1 aliphatic carbocycles. The third kappa shape index (κ3) is 3.01. The van der Waals surface area contributed by atoms with Gasteiger partial charge in [0.05, 0.1) is 6.10 Å². The summed E-state index contributed by atoms with van der Waals surface area (Å²) in [6.07, 6.45) is 4.55. The minimum absolute atomic E-state index is 0.134. The minimum atomic E-state index is -0.134. The standard InChI is InChI=1S/C18H22N4O/c23-14-8-6-13(7-9-14)20-18-15-10-11-19-17(15)21-16(22-18)12-4-2-1-3-5-12/h1-5,13-14,23H,6-11H2,(H2,19,20,21,22). The van der Waals surface area contributed by atoms with E-state index in [1.165, 1.54) is 5.56 Å². The molecule has 0 saturated heterocycles. The first-order valence-electron chi connectivity index (χ1n) is 8.44. The molecule has 0 atom stereocenters. The molecule has 1 aliphatic heterocycles. The zero-order valence-corrected chi connectivity index (χ0v) is 13.1. The lowest BCUT2D eigenvalue weighted by Crippen LogP contribution is -2.29. The summed E-state index contributed by atoms with van der Waals surface area (Å²) in [5.41, 5.74) is 2.22. The van der Waals surface area contributed by atoms with Crippen molar-refractivity contribution in [1.82, 2.24) is 9.97 Å². The summed E-state index contributed by atoms with van der Waals surface area (Å²) in [5.74, 6) is 2.68. The first kappa shape index (κ1) is 14.5. The van der Waals surface area contributed by atoms with Gasteiger partial charge in [-0.1, -0.05) is 30.3 Å². The second-order valence-corrected chi connectivity index (χ2v) is 6.42. The third-order valence-electron chi connectivity index (χ3n) is 4.74. The van der Waals surface area contributed by atoms with Crippen molar-refractivity contribution < 1.29 is 5.11 Å². The van der Waals surface area contributed by atoms with Gasteiger partial charge in [-0.25, -0.2) is 9.97 Å². The first-order valence-corrected chi connectivity index (χ1v) is 8.44. The Balaban J connectivity index is 1.64. The van der Waals surface area contributed by atoms with Gasteiger partial charge in [-0.05, 0) is 32.1 Å². The summed E-state index contributed by atoms with van der Waals surface area (Å²) in [5, 5.41) is 16.7. The lowest BCUT2D eigenvalue weighted by atomic mass is 9.93. The van der Waals surface area contributed by atoms with Gasteiger partial charge in [0, 0.05) is 23.7 Å². The van der Waals surface area contributed by atoms with Crippen molar-refractivity contribution in [2.75, 3.05) is 17.2 Å². The van der Waals surface area contributed by atoms with Crippen molar-refractivity contribution in [2.45, 2.75) is 44.2 Å². The number of aromatic nitrogens is 2. The summed E-state index contributed by atoms with van der Waals surface area (Å²) in [6.45, 7) is 0.917. The van der Waals surface area contributed by atoms with Gasteiger partial charge in [0.15, 0.2) is 5.82 Å². The molecule has 1 aromatic heterocycles. The van der Waals surface area contributed by atoms with E-state index in [9.17, 15) is 5.11 Å². The molecule has 0 spiro atoms. The molecular formula is C18H22N4O. The predicted octanol–water partition coefficient (Wildman–Crippen LogP) is 2.83. The zero-order valence-electron chi connectivity index (χ0n) is 13.1. The second kappa shape index (κ2) is 6.16. The number of fused-ring (bicyclic) bond motifs is 1. The van der Waals surface area contributed by atoms with Gasteiger partial charge in [-0.15, -0.1) is 0 Å². The molecule has 5 nitrogen and oxygen atoms in total. The fourth-order valence-corrected chi connectivity index (χ4v) is 3.42. The van der Waals surface area contributed by atoms with E-state index in [1.807, 2.05) is 30.3 Å². The van der Waals surface area contributed by atoms with Gasteiger partial charge in [0.1, 0.15) is 11.6 Å². The Labute approximate surface area is 136 Å². The Morgan fingerprint density at radius 1 is 1.04 bits per heavy atom. The van der Waals surface area contributed by atoms with E-state index < -0.39 is 0 Å². The number of aliphatic hydroxyl groups excluding tert-OH is 1. The normalized spacial score (nSPS) is 23.2. The molecule has 2 aliphatic rings. The van der Waals surface area contributed by atoms with Crippen LogP contribution in [0.2, 0.25) is 0 Å². The van der Waals surface area contributed by atoms with Crippen LogP contribution in [0, 0.1) is 0 Å². The molecule has 3 N–H and O–H groups in total. The highest BCUT2D eigenvalue weighted by atomic mass is 16.3. The van der Waals surface area contributed by atoms with Crippen molar-refractivity contribution in [3.8, 4) is 11.4 Å². The van der Waals surface area contributed by atoms with Crippen LogP contribution in [0.3, 0.4) is 0 Å². The van der Waals surface area contributed by atoms with Gasteiger partial charge < -0.3 is 15.7 Å². The van der Waals surface area contributed by atoms with Crippen LogP contribution in [0.4, 0.5) is 11.6 Å². The lowest BCUT2D eigenvalue weighted by molar-refractivity contribution is 0.126. The molecule has 1 fully saturated rings. The molecule has 4 rings (SSSR count). The van der Waals surface area contributed by atoms with Crippen molar-refractivity contribution in [1.29, 1.82) is 0 Å². The molecule has 23 heavy (non-hydrogen) atoms. The van der Waals surface area contributed by atoms with Crippen molar-refractivity contribution in [3.05, 3.63) is 35.9 Å². The Hall–Kier alpha value is -2.14. The van der Waals surface area contributed by atoms with E-state index in [0.29, 0.717) is 6.04 Å². The highest BCUT2D eigenvalue weighted by Gasteiger charge is 2.24. The number of nitrogens with zero attached hydrogens (tertiary/aromatic N) is 2. The summed E-state index contributed by atoms with van der Waals surface area (Å²) in [4.78, 5) is 9.49. The molecule has 120 valence electrons. The highest BCUT2D eigenvalue weighted by Crippen LogP contribution is 2.31. The largest absolute Gasteiger partial charge is 0.393 e. The fraction of sp³-hybridized carbons (Fsp3) is 0.444. The number of nitrogens with one attached hydrogen (secondary N) is 2. The monoisotopic (exact) mass is 310 g/mol. The Morgan fingerprint density at radius 3 is 2.61 bits per heavy atom. The predicted molar refractivity (Wildman–Crippen MR) is 91.5 cm³/mol. The molecule has 0 radical (unpaired) electrons. The van der Waals surface area contributed by atoms with Crippen LogP contribution in [-0.4, -0.2) is 33.8 Å². The summed E-state index contributed by atoms with van der Waals surface area (Å²) >= 11 is 0. The van der Waals surface area contributed by atoms with E-state index >= 15 is 0 Å². The van der Waals surface area contributed by atoms with Gasteiger partial charge in [-0.3, -0.25) is 0 Å². The maximum Gasteiger partial charge on any atom is 0.163 e. The van der Waals surface area contributed by atoms with Crippen LogP contribution in [-0.2, 0) is 6.42 Å². The average molecular weight is 310 g/mol. The van der Waals surface area contributed by atoms with Crippen LogP contribution in [0.1, 0.15) is 31.2 Å². The molecule has 2 aromatic rings. The fourth-order valence-electron chi connectivity index (χ4n) is 3.42. The molecule has 5 heteroatoms. The topological polar surface area (TPSA) is 70.1 Å². The summed E-state index contributed by atoms with van der Waals surface area (Å²) < 4.78 is 0. The second-order valence-electron chi connectivity index (χ2n) is 6.42. The maximum absolute atomic E-state index is 9.68. The van der Waals surface area contributed by atoms with Crippen LogP contribution < -0.4 is 10.6 Å². The average Bonchev–Trinajstić information content (AvgIpc) is 3.06. The molecular weight excluding hydrogens is 288 g/mol. The van der Waals surface area contributed by atoms with Gasteiger partial charge in [-0.2, -0.15) is 0 Å². The summed E-state index contributed by atoms with van der Waals surface area (Å²) in [7, 11) is 0. The van der Waals surface area contributed by atoms with Crippen LogP contribution in [0.5, 0.6) is 0 Å². The number of hydrogen-bond acceptors (Lipinski definition) is 5. The molecule has 1 aromatic carbocycles. The molecule has 0 unspecified atom stereocenters. The quantitative estimate of drug-likeness (QED) is 0.813. The van der Waals surface area contributed by atoms with Crippen molar-refractivity contribution in [3.63, 3.8) is 0 Å². The maximum atomic E-state index is 9.68. The van der Waals surface area contributed by atoms with Crippen LogP contribution in [0.15, 0.2) is 30.3 Å². The lowest BCUT2D eigenvalue weighted by Gasteiger charge is -2.27. The molecule has 1 saturated carbocycles. The van der Waals surface area contributed by atoms with E-state index in [-0.39, 0.29) is 6.10 Å². The van der Waals surface area contributed by atoms with Gasteiger partial charge >= 0.3 is 0 Å². The third-order valence-corrected chi connectivity index (χ3v) is 4.74. The van der Waals surface area contributed by atoms with Crippen LogP contribution in [0.25, 0.3) is 11.4 Å². The number of benzene rings is 1. The van der Waals surface area contributed by atoms with Crippen molar-refractivity contribution >= 4 is 11.6 Å². The van der Waals surface area contributed by atoms with Gasteiger partial charge in [0.2, 0.25) is 0 Å². The Morgan fingerprint density at radius 2 is 1.83 bits per heavy atom. The molecule has 0 amide bonds. The SMILES string of the molecule is OC1CCC(Nc2nc(-c3ccccc3)nc3c2CCN3)CC1.